The quantitative estimate of drug-likeness (QED) is 0.467. The first-order valence-electron chi connectivity index (χ1n) is 8.76. The van der Waals surface area contributed by atoms with Crippen LogP contribution in [0.4, 0.5) is 11.4 Å². The van der Waals surface area contributed by atoms with E-state index in [0.717, 1.165) is 5.56 Å². The van der Waals surface area contributed by atoms with Crippen molar-refractivity contribution in [3.63, 3.8) is 0 Å². The smallest absolute Gasteiger partial charge is 0.294 e. The van der Waals surface area contributed by atoms with E-state index in [1.165, 1.54) is 6.07 Å². The molecule has 7 nitrogen and oxygen atoms in total. The van der Waals surface area contributed by atoms with Gasteiger partial charge in [-0.05, 0) is 23.8 Å². The van der Waals surface area contributed by atoms with Gasteiger partial charge in [0, 0.05) is 32.2 Å². The van der Waals surface area contributed by atoms with Gasteiger partial charge < -0.3 is 15.1 Å². The minimum absolute atomic E-state index is 0.0142. The monoisotopic (exact) mass is 418 g/mol. The maximum Gasteiger partial charge on any atom is 0.294 e. The number of amides is 1. The minimum Gasteiger partial charge on any atom is -0.361 e. The number of nitrogens with one attached hydrogen (secondary N) is 1. The summed E-state index contributed by atoms with van der Waals surface area (Å²) in [6, 6.07) is 14.1. The molecule has 9 heteroatoms. The number of nitro groups is 1. The first-order chi connectivity index (χ1) is 13.5. The molecule has 0 spiro atoms. The van der Waals surface area contributed by atoms with Gasteiger partial charge in [-0.3, -0.25) is 14.9 Å². The van der Waals surface area contributed by atoms with Crippen LogP contribution in [0.2, 0.25) is 5.02 Å². The molecule has 0 aromatic heterocycles. The zero-order valence-electron chi connectivity index (χ0n) is 15.0. The predicted octanol–water partition coefficient (Wildman–Crippen LogP) is 3.01. The van der Waals surface area contributed by atoms with Crippen LogP contribution in [0.1, 0.15) is 5.56 Å². The SMILES string of the molecule is O=C(Cc1ccccc1)NC(=S)N1CCN(c2c(Cl)cccc2[N+](=O)[O-])CC1. The number of benzene rings is 2. The highest BCUT2D eigenvalue weighted by atomic mass is 35.5. The third-order valence-corrected chi connectivity index (χ3v) is 5.16. The average molecular weight is 419 g/mol. The largest absolute Gasteiger partial charge is 0.361 e. The lowest BCUT2D eigenvalue weighted by atomic mass is 10.1. The van der Waals surface area contributed by atoms with Crippen molar-refractivity contribution in [1.82, 2.24) is 10.2 Å². The lowest BCUT2D eigenvalue weighted by Gasteiger charge is -2.37. The van der Waals surface area contributed by atoms with Gasteiger partial charge in [-0.2, -0.15) is 0 Å². The predicted molar refractivity (Wildman–Crippen MR) is 113 cm³/mol. The number of hydrogen-bond donors (Lipinski definition) is 1. The lowest BCUT2D eigenvalue weighted by molar-refractivity contribution is -0.384. The van der Waals surface area contributed by atoms with Crippen molar-refractivity contribution < 1.29 is 9.72 Å². The van der Waals surface area contributed by atoms with Crippen molar-refractivity contribution in [2.75, 3.05) is 31.1 Å². The molecule has 1 aliphatic heterocycles. The Balaban J connectivity index is 1.58. The first kappa shape index (κ1) is 20.0. The fraction of sp³-hybridized carbons (Fsp3) is 0.263. The summed E-state index contributed by atoms with van der Waals surface area (Å²) in [7, 11) is 0. The number of halogens is 1. The minimum atomic E-state index is -0.429. The van der Waals surface area contributed by atoms with Gasteiger partial charge in [0.2, 0.25) is 5.91 Å². The van der Waals surface area contributed by atoms with Crippen LogP contribution >= 0.6 is 23.8 Å². The Morgan fingerprint density at radius 2 is 1.79 bits per heavy atom. The molecule has 1 amide bonds. The number of anilines is 1. The summed E-state index contributed by atoms with van der Waals surface area (Å²) in [4.78, 5) is 26.8. The van der Waals surface area contributed by atoms with Gasteiger partial charge >= 0.3 is 0 Å². The Labute approximate surface area is 173 Å². The zero-order chi connectivity index (χ0) is 20.1. The molecule has 0 saturated carbocycles. The van der Waals surface area contributed by atoms with Gasteiger partial charge in [0.25, 0.3) is 5.69 Å². The highest BCUT2D eigenvalue weighted by Gasteiger charge is 2.27. The molecule has 0 aliphatic carbocycles. The van der Waals surface area contributed by atoms with Crippen LogP contribution in [-0.4, -0.2) is 47.0 Å². The molecular formula is C19H19ClN4O3S. The number of hydrogen-bond acceptors (Lipinski definition) is 5. The number of para-hydroxylation sites is 1. The average Bonchev–Trinajstić information content (AvgIpc) is 2.68. The van der Waals surface area contributed by atoms with Gasteiger partial charge in [0.1, 0.15) is 5.69 Å². The van der Waals surface area contributed by atoms with Crippen molar-refractivity contribution in [2.24, 2.45) is 0 Å². The third kappa shape index (κ3) is 4.76. The second-order valence-corrected chi connectivity index (χ2v) is 7.15. The second-order valence-electron chi connectivity index (χ2n) is 6.35. The van der Waals surface area contributed by atoms with E-state index in [1.54, 1.807) is 12.1 Å². The van der Waals surface area contributed by atoms with Crippen LogP contribution in [0.25, 0.3) is 0 Å². The molecule has 1 saturated heterocycles. The summed E-state index contributed by atoms with van der Waals surface area (Å²) < 4.78 is 0. The molecular weight excluding hydrogens is 400 g/mol. The Morgan fingerprint density at radius 3 is 2.43 bits per heavy atom. The maximum absolute atomic E-state index is 12.2. The summed E-state index contributed by atoms with van der Waals surface area (Å²) >= 11 is 11.6. The van der Waals surface area contributed by atoms with Crippen LogP contribution in [0.15, 0.2) is 48.5 Å². The fourth-order valence-corrected chi connectivity index (χ4v) is 3.71. The number of nitrogens with zero attached hydrogens (tertiary/aromatic N) is 3. The van der Waals surface area contributed by atoms with Crippen LogP contribution in [0.3, 0.4) is 0 Å². The van der Waals surface area contributed by atoms with Crippen molar-refractivity contribution >= 4 is 46.2 Å². The summed E-state index contributed by atoms with van der Waals surface area (Å²) in [5, 5.41) is 14.8. The number of rotatable bonds is 4. The molecule has 0 atom stereocenters. The summed E-state index contributed by atoms with van der Waals surface area (Å²) in [5.41, 5.74) is 1.33. The molecule has 0 radical (unpaired) electrons. The van der Waals surface area contributed by atoms with E-state index in [4.69, 9.17) is 23.8 Å². The molecule has 2 aromatic carbocycles. The summed E-state index contributed by atoms with van der Waals surface area (Å²) in [6.07, 6.45) is 0.257. The molecule has 2 aromatic rings. The van der Waals surface area contributed by atoms with E-state index < -0.39 is 4.92 Å². The van der Waals surface area contributed by atoms with E-state index in [-0.39, 0.29) is 18.0 Å². The number of thiocarbonyl (C=S) groups is 1. The van der Waals surface area contributed by atoms with Gasteiger partial charge in [-0.15, -0.1) is 0 Å². The van der Waals surface area contributed by atoms with Gasteiger partial charge in [0.05, 0.1) is 16.4 Å². The number of piperazine rings is 1. The van der Waals surface area contributed by atoms with Crippen molar-refractivity contribution in [2.45, 2.75) is 6.42 Å². The van der Waals surface area contributed by atoms with E-state index in [2.05, 4.69) is 5.32 Å². The third-order valence-electron chi connectivity index (χ3n) is 4.50. The van der Waals surface area contributed by atoms with Gasteiger partial charge in [-0.25, -0.2) is 0 Å². The Kier molecular flexibility index (Phi) is 6.43. The Bertz CT molecular complexity index is 886. The highest BCUT2D eigenvalue weighted by Crippen LogP contribution is 2.35. The molecule has 1 aliphatic rings. The first-order valence-corrected chi connectivity index (χ1v) is 9.55. The summed E-state index contributed by atoms with van der Waals surface area (Å²) in [5.74, 6) is -0.166. The Hall–Kier alpha value is -2.71. The van der Waals surface area contributed by atoms with E-state index in [9.17, 15) is 14.9 Å². The molecule has 0 unspecified atom stereocenters. The van der Waals surface area contributed by atoms with E-state index in [1.807, 2.05) is 40.1 Å². The molecule has 3 rings (SSSR count). The van der Waals surface area contributed by atoms with E-state index >= 15 is 0 Å². The maximum atomic E-state index is 12.2. The summed E-state index contributed by atoms with van der Waals surface area (Å²) in [6.45, 7) is 2.10. The van der Waals surface area contributed by atoms with Crippen LogP contribution in [-0.2, 0) is 11.2 Å². The molecule has 28 heavy (non-hydrogen) atoms. The topological polar surface area (TPSA) is 78.7 Å². The van der Waals surface area contributed by atoms with Gasteiger partial charge in [-0.1, -0.05) is 48.0 Å². The molecule has 146 valence electrons. The van der Waals surface area contributed by atoms with E-state index in [0.29, 0.717) is 42.0 Å². The molecule has 1 N–H and O–H groups in total. The Morgan fingerprint density at radius 1 is 1.11 bits per heavy atom. The lowest BCUT2D eigenvalue weighted by Crippen LogP contribution is -2.53. The zero-order valence-corrected chi connectivity index (χ0v) is 16.6. The van der Waals surface area contributed by atoms with Crippen molar-refractivity contribution in [3.8, 4) is 0 Å². The number of carbonyl (C=O) groups is 1. The number of nitro benzene ring substituents is 1. The number of carbonyl (C=O) groups excluding carboxylic acids is 1. The fourth-order valence-electron chi connectivity index (χ4n) is 3.12. The molecule has 1 fully saturated rings. The van der Waals surface area contributed by atoms with Crippen LogP contribution in [0, 0.1) is 10.1 Å². The van der Waals surface area contributed by atoms with Crippen LogP contribution < -0.4 is 10.2 Å². The second kappa shape index (κ2) is 8.99. The standard InChI is InChI=1S/C19H19ClN4O3S/c20-15-7-4-8-16(24(26)27)18(15)22-9-11-23(12-10-22)19(28)21-17(25)13-14-5-2-1-3-6-14/h1-8H,9-13H2,(H,21,25,28). The van der Waals surface area contributed by atoms with Crippen molar-refractivity contribution in [3.05, 3.63) is 69.2 Å². The molecule has 0 bridgehead atoms. The molecule has 1 heterocycles. The highest BCUT2D eigenvalue weighted by molar-refractivity contribution is 7.80. The normalized spacial score (nSPS) is 13.9. The van der Waals surface area contributed by atoms with Crippen LogP contribution in [0.5, 0.6) is 0 Å². The van der Waals surface area contributed by atoms with Crippen molar-refractivity contribution in [1.29, 1.82) is 0 Å². The van der Waals surface area contributed by atoms with Gasteiger partial charge in [0.15, 0.2) is 5.11 Å².